The summed E-state index contributed by atoms with van der Waals surface area (Å²) in [5, 5.41) is 8.19. The summed E-state index contributed by atoms with van der Waals surface area (Å²) < 4.78 is 7.99. The second kappa shape index (κ2) is 16.7. The van der Waals surface area contributed by atoms with E-state index in [1.165, 1.54) is 12.7 Å². The largest absolute Gasteiger partial charge is 0.457 e. The molecule has 0 spiro atoms. The second-order valence-corrected chi connectivity index (χ2v) is 17.5. The van der Waals surface area contributed by atoms with Crippen molar-refractivity contribution in [1.29, 1.82) is 0 Å². The highest BCUT2D eigenvalue weighted by molar-refractivity contribution is 6.05. The van der Waals surface area contributed by atoms with Gasteiger partial charge in [-0.15, -0.1) is 0 Å². The van der Waals surface area contributed by atoms with Gasteiger partial charge >= 0.3 is 6.03 Å². The van der Waals surface area contributed by atoms with Crippen LogP contribution in [0.2, 0.25) is 0 Å². The number of carbonyl (C=O) groups is 4. The first-order valence-electron chi connectivity index (χ1n) is 22.1. The molecule has 5 amide bonds. The van der Waals surface area contributed by atoms with E-state index in [0.29, 0.717) is 54.9 Å². The Morgan fingerprint density at radius 1 is 0.774 bits per heavy atom. The summed E-state index contributed by atoms with van der Waals surface area (Å²) in [6.45, 7) is 5.23. The van der Waals surface area contributed by atoms with Crippen molar-refractivity contribution in [2.24, 2.45) is 11.8 Å². The number of aromatic nitrogens is 4. The van der Waals surface area contributed by atoms with Crippen molar-refractivity contribution in [3.8, 4) is 22.8 Å². The lowest BCUT2D eigenvalue weighted by atomic mass is 9.82. The summed E-state index contributed by atoms with van der Waals surface area (Å²) >= 11 is 0. The first-order valence-corrected chi connectivity index (χ1v) is 22.1. The number of piperidine rings is 4. The van der Waals surface area contributed by atoms with E-state index in [1.807, 2.05) is 76.3 Å². The number of para-hydroxylation sites is 1. The van der Waals surface area contributed by atoms with Gasteiger partial charge in [0.25, 0.3) is 5.91 Å². The number of likely N-dealkylation sites (tertiary alicyclic amines) is 2. The Morgan fingerprint density at radius 2 is 1.45 bits per heavy atom. The molecule has 62 heavy (non-hydrogen) atoms. The van der Waals surface area contributed by atoms with Crippen molar-refractivity contribution in [2.75, 3.05) is 49.9 Å². The van der Waals surface area contributed by atoms with Crippen molar-refractivity contribution in [2.45, 2.75) is 76.4 Å². The number of hydrogen-bond acceptors (Lipinski definition) is 10. The van der Waals surface area contributed by atoms with E-state index in [-0.39, 0.29) is 36.2 Å². The van der Waals surface area contributed by atoms with Crippen LogP contribution in [0.15, 0.2) is 79.1 Å². The number of imide groups is 1. The van der Waals surface area contributed by atoms with Gasteiger partial charge in [-0.25, -0.2) is 19.4 Å². The third-order valence-electron chi connectivity index (χ3n) is 13.7. The maximum atomic E-state index is 13.8. The molecule has 4 fully saturated rings. The molecule has 320 valence electrons. The van der Waals surface area contributed by atoms with Crippen molar-refractivity contribution in [1.82, 2.24) is 39.8 Å². The molecule has 0 aliphatic carbocycles. The van der Waals surface area contributed by atoms with Crippen LogP contribution in [-0.4, -0.2) is 104 Å². The zero-order chi connectivity index (χ0) is 42.3. The maximum absolute atomic E-state index is 13.8. The van der Waals surface area contributed by atoms with Gasteiger partial charge in [-0.3, -0.25) is 19.7 Å². The minimum atomic E-state index is -0.603. The van der Waals surface area contributed by atoms with E-state index in [9.17, 15) is 19.2 Å². The van der Waals surface area contributed by atoms with Gasteiger partial charge in [-0.1, -0.05) is 18.2 Å². The van der Waals surface area contributed by atoms with Crippen molar-refractivity contribution < 1.29 is 23.9 Å². The predicted octanol–water partition coefficient (Wildman–Crippen LogP) is 6.40. The normalized spacial score (nSPS) is 20.5. The van der Waals surface area contributed by atoms with Gasteiger partial charge in [0.1, 0.15) is 35.4 Å². The first kappa shape index (κ1) is 39.6. The monoisotopic (exact) mass is 836 g/mol. The maximum Gasteiger partial charge on any atom is 0.320 e. The smallest absolute Gasteiger partial charge is 0.320 e. The highest BCUT2D eigenvalue weighted by Gasteiger charge is 2.40. The number of ether oxygens (including phenoxy) is 1. The SMILES string of the molecule is Nc1ncnc2c1c(-c1ccc(Oc3ccccc3)cc1)nn2C1CCN(C(=O)N2CCC(CC3CCN(c4ccc5c(c4)CN(C4CCC(=O)NC4=O)C5=O)CC3)CC2)CC1. The highest BCUT2D eigenvalue weighted by atomic mass is 16.5. The van der Waals surface area contributed by atoms with E-state index in [2.05, 4.69) is 31.2 Å². The summed E-state index contributed by atoms with van der Waals surface area (Å²) in [4.78, 5) is 68.1. The fourth-order valence-corrected chi connectivity index (χ4v) is 10.3. The number of hydrogen-bond donors (Lipinski definition) is 2. The van der Waals surface area contributed by atoms with Crippen molar-refractivity contribution >= 4 is 46.3 Å². The summed E-state index contributed by atoms with van der Waals surface area (Å²) in [6, 6.07) is 23.1. The molecule has 1 atom stereocenters. The third-order valence-corrected chi connectivity index (χ3v) is 13.7. The molecule has 15 heteroatoms. The molecule has 15 nitrogen and oxygen atoms in total. The van der Waals surface area contributed by atoms with Crippen LogP contribution < -0.4 is 20.7 Å². The highest BCUT2D eigenvalue weighted by Crippen LogP contribution is 2.37. The van der Waals surface area contributed by atoms with Crippen LogP contribution in [0.4, 0.5) is 16.3 Å². The third kappa shape index (κ3) is 7.80. The molecular formula is C47H52N10O5. The quantitative estimate of drug-likeness (QED) is 0.167. The summed E-state index contributed by atoms with van der Waals surface area (Å²) in [7, 11) is 0. The van der Waals surface area contributed by atoms with Gasteiger partial charge in [-0.2, -0.15) is 5.10 Å². The lowest BCUT2D eigenvalue weighted by Crippen LogP contribution is -2.52. The van der Waals surface area contributed by atoms with Crippen LogP contribution in [0.5, 0.6) is 11.5 Å². The number of nitrogens with zero attached hydrogens (tertiary/aromatic N) is 8. The molecule has 5 aliphatic rings. The molecule has 3 aromatic carbocycles. The minimum Gasteiger partial charge on any atom is -0.457 e. The summed E-state index contributed by atoms with van der Waals surface area (Å²) in [5.41, 5.74) is 11.5. The average molecular weight is 837 g/mol. The van der Waals surface area contributed by atoms with E-state index in [4.69, 9.17) is 15.6 Å². The van der Waals surface area contributed by atoms with E-state index in [0.717, 1.165) is 104 Å². The van der Waals surface area contributed by atoms with Crippen LogP contribution >= 0.6 is 0 Å². The van der Waals surface area contributed by atoms with E-state index >= 15 is 0 Å². The predicted molar refractivity (Wildman–Crippen MR) is 233 cm³/mol. The number of urea groups is 1. The van der Waals surface area contributed by atoms with Crippen molar-refractivity contribution in [3.05, 3.63) is 90.3 Å². The van der Waals surface area contributed by atoms with Crippen LogP contribution in [0.25, 0.3) is 22.3 Å². The standard InChI is InChI=1S/C47H52N10O5/c48-43-41-42(32-6-9-37(10-7-32)62-36-4-2-1-3-5-36)52-57(44(41)50-29-49-43)34-18-24-55(25-19-34)47(61)54-22-16-31(17-23-54)26-30-14-20-53(21-15-30)35-8-11-38-33(27-35)28-56(46(38)60)39-12-13-40(58)51-45(39)59/h1-11,27,29-31,34,39H,12-26,28H2,(H2,48,49,50)(H,51,58,59). The van der Waals surface area contributed by atoms with Gasteiger partial charge in [0.2, 0.25) is 11.8 Å². The lowest BCUT2D eigenvalue weighted by molar-refractivity contribution is -0.136. The second-order valence-electron chi connectivity index (χ2n) is 17.5. The van der Waals surface area contributed by atoms with E-state index < -0.39 is 6.04 Å². The Hall–Kier alpha value is -6.51. The fourth-order valence-electron chi connectivity index (χ4n) is 10.3. The molecule has 5 aromatic rings. The number of nitrogen functional groups attached to an aromatic ring is 1. The summed E-state index contributed by atoms with van der Waals surface area (Å²) in [5.74, 6) is 2.36. The Bertz CT molecular complexity index is 2490. The number of rotatable bonds is 8. The first-order chi connectivity index (χ1) is 30.3. The molecule has 0 radical (unpaired) electrons. The Labute approximate surface area is 360 Å². The molecule has 7 heterocycles. The van der Waals surface area contributed by atoms with Crippen LogP contribution in [0.3, 0.4) is 0 Å². The molecule has 0 saturated carbocycles. The van der Waals surface area contributed by atoms with Gasteiger partial charge < -0.3 is 30.1 Å². The van der Waals surface area contributed by atoms with Gasteiger partial charge in [0.05, 0.1) is 11.4 Å². The molecule has 5 aliphatic heterocycles. The molecule has 4 saturated heterocycles. The zero-order valence-corrected chi connectivity index (χ0v) is 34.8. The number of carbonyl (C=O) groups excluding carboxylic acids is 4. The topological polar surface area (TPSA) is 172 Å². The molecule has 3 N–H and O–H groups in total. The van der Waals surface area contributed by atoms with E-state index in [1.54, 1.807) is 4.90 Å². The van der Waals surface area contributed by atoms with Crippen LogP contribution in [0, 0.1) is 11.8 Å². The van der Waals surface area contributed by atoms with Crippen molar-refractivity contribution in [3.63, 3.8) is 0 Å². The summed E-state index contributed by atoms with van der Waals surface area (Å²) in [6.07, 6.45) is 9.15. The number of amides is 5. The number of benzene rings is 3. The number of anilines is 2. The number of nitrogens with one attached hydrogen (secondary N) is 1. The molecule has 0 bridgehead atoms. The number of fused-ring (bicyclic) bond motifs is 2. The molecule has 10 rings (SSSR count). The number of nitrogens with two attached hydrogens (primary N) is 1. The Morgan fingerprint density at radius 3 is 2.16 bits per heavy atom. The van der Waals surface area contributed by atoms with Gasteiger partial charge in [0, 0.05) is 69.0 Å². The average Bonchev–Trinajstić information content (AvgIpc) is 3.85. The van der Waals surface area contributed by atoms with Gasteiger partial charge in [0.15, 0.2) is 5.65 Å². The molecule has 2 aromatic heterocycles. The lowest BCUT2D eigenvalue weighted by Gasteiger charge is -2.40. The zero-order valence-electron chi connectivity index (χ0n) is 34.8. The minimum absolute atomic E-state index is 0.0738. The Kier molecular flexibility index (Phi) is 10.7. The molecule has 1 unspecified atom stereocenters. The fraction of sp³-hybridized carbons (Fsp3) is 0.426. The molecular weight excluding hydrogens is 785 g/mol. The Balaban J connectivity index is 0.692. The van der Waals surface area contributed by atoms with Crippen LogP contribution in [0.1, 0.15) is 79.8 Å². The van der Waals surface area contributed by atoms with Crippen LogP contribution in [-0.2, 0) is 16.1 Å². The van der Waals surface area contributed by atoms with Gasteiger partial charge in [-0.05, 0) is 123 Å².